The predicted octanol–water partition coefficient (Wildman–Crippen LogP) is 5.63. The van der Waals surface area contributed by atoms with Gasteiger partial charge in [-0.1, -0.05) is 35.2 Å². The highest BCUT2D eigenvalue weighted by atomic mass is 79.9. The molecule has 4 rings (SSSR count). The molecule has 2 aliphatic heterocycles. The van der Waals surface area contributed by atoms with Gasteiger partial charge in [-0.05, 0) is 87.8 Å². The van der Waals surface area contributed by atoms with E-state index in [0.717, 1.165) is 74.7 Å². The van der Waals surface area contributed by atoms with Gasteiger partial charge in [0.2, 0.25) is 0 Å². The van der Waals surface area contributed by atoms with Crippen LogP contribution in [-0.4, -0.2) is 54.7 Å². The molecule has 0 radical (unpaired) electrons. The van der Waals surface area contributed by atoms with Crippen LogP contribution < -0.4 is 0 Å². The molecule has 0 spiro atoms. The summed E-state index contributed by atoms with van der Waals surface area (Å²) < 4.78 is 20.1. The van der Waals surface area contributed by atoms with E-state index in [-0.39, 0.29) is 11.9 Å². The van der Waals surface area contributed by atoms with Crippen molar-refractivity contribution in [2.45, 2.75) is 63.8 Å². The van der Waals surface area contributed by atoms with Crippen molar-refractivity contribution in [3.05, 3.63) is 34.1 Å². The minimum absolute atomic E-state index is 0.0949. The van der Waals surface area contributed by atoms with Crippen LogP contribution in [0.25, 0.3) is 0 Å². The molecule has 1 amide bonds. The highest BCUT2D eigenvalue weighted by molar-refractivity contribution is 9.10. The molecule has 0 bridgehead atoms. The molecule has 1 aromatic carbocycles. The lowest BCUT2D eigenvalue weighted by molar-refractivity contribution is 0.0138. The highest BCUT2D eigenvalue weighted by Gasteiger charge is 2.33. The summed E-state index contributed by atoms with van der Waals surface area (Å²) in [6.07, 6.45) is 10.3. The summed E-state index contributed by atoms with van der Waals surface area (Å²) in [4.78, 5) is 16.8. The second-order valence-electron chi connectivity index (χ2n) is 9.40. The van der Waals surface area contributed by atoms with Gasteiger partial charge in [-0.3, -0.25) is 0 Å². The van der Waals surface area contributed by atoms with Gasteiger partial charge in [0.05, 0.1) is 6.61 Å². The number of hydrogen-bond acceptors (Lipinski definition) is 3. The molecule has 0 aromatic heterocycles. The molecule has 1 unspecified atom stereocenters. The maximum Gasteiger partial charge on any atom is 0.410 e. The first-order valence-electron chi connectivity index (χ1n) is 11.7. The Morgan fingerprint density at radius 3 is 2.60 bits per heavy atom. The smallest absolute Gasteiger partial charge is 0.410 e. The van der Waals surface area contributed by atoms with Crippen LogP contribution in [0.15, 0.2) is 22.7 Å². The number of benzene rings is 1. The van der Waals surface area contributed by atoms with Gasteiger partial charge in [0.15, 0.2) is 0 Å². The molecule has 3 aliphatic rings. The fourth-order valence-electron chi connectivity index (χ4n) is 5.33. The second kappa shape index (κ2) is 10.4. The van der Waals surface area contributed by atoms with Crippen molar-refractivity contribution >= 4 is 22.0 Å². The van der Waals surface area contributed by atoms with Crippen LogP contribution in [0.2, 0.25) is 0 Å². The van der Waals surface area contributed by atoms with Gasteiger partial charge in [-0.15, -0.1) is 0 Å². The third-order valence-electron chi connectivity index (χ3n) is 7.22. The lowest BCUT2D eigenvalue weighted by Crippen LogP contribution is -2.49. The number of piperidine rings is 1. The van der Waals surface area contributed by atoms with E-state index in [4.69, 9.17) is 4.74 Å². The third-order valence-corrected chi connectivity index (χ3v) is 8.00. The molecule has 1 atom stereocenters. The topological polar surface area (TPSA) is 32.8 Å². The Labute approximate surface area is 188 Å². The molecule has 166 valence electrons. The van der Waals surface area contributed by atoms with E-state index in [0.29, 0.717) is 24.5 Å². The summed E-state index contributed by atoms with van der Waals surface area (Å²) >= 11 is 3.56. The Kier molecular flexibility index (Phi) is 7.69. The average Bonchev–Trinajstić information content (AvgIpc) is 2.77. The van der Waals surface area contributed by atoms with Gasteiger partial charge < -0.3 is 14.5 Å². The molecular formula is C24H34BrFN2O2. The normalized spacial score (nSPS) is 24.8. The molecule has 2 heterocycles. The number of cyclic esters (lactones) is 1. The van der Waals surface area contributed by atoms with Gasteiger partial charge >= 0.3 is 6.09 Å². The highest BCUT2D eigenvalue weighted by Crippen LogP contribution is 2.29. The molecule has 2 saturated heterocycles. The summed E-state index contributed by atoms with van der Waals surface area (Å²) in [6, 6.07) is 5.38. The average molecular weight is 481 g/mol. The molecule has 1 aliphatic carbocycles. The largest absolute Gasteiger partial charge is 0.449 e. The number of hydrogen-bond donors (Lipinski definition) is 0. The van der Waals surface area contributed by atoms with E-state index in [1.54, 1.807) is 6.07 Å². The molecule has 30 heavy (non-hydrogen) atoms. The van der Waals surface area contributed by atoms with E-state index in [1.807, 2.05) is 11.0 Å². The van der Waals surface area contributed by atoms with Crippen molar-refractivity contribution in [2.75, 3.05) is 32.8 Å². The van der Waals surface area contributed by atoms with Crippen molar-refractivity contribution in [3.8, 4) is 0 Å². The maximum atomic E-state index is 13.5. The monoisotopic (exact) mass is 480 g/mol. The lowest BCUT2D eigenvalue weighted by atomic mass is 9.89. The van der Waals surface area contributed by atoms with Crippen LogP contribution in [-0.2, 0) is 11.2 Å². The Hall–Kier alpha value is -1.14. The quantitative estimate of drug-likeness (QED) is 0.528. The van der Waals surface area contributed by atoms with Crippen LogP contribution in [0.1, 0.15) is 56.9 Å². The van der Waals surface area contributed by atoms with Crippen molar-refractivity contribution in [1.82, 2.24) is 9.80 Å². The standard InChI is InChI=1S/C24H34BrFN2O2/c25-23-7-6-21(26)15-20(23)14-18-8-11-27(12-9-18)13-10-19-16-28(24(29)30-17-19)22-4-2-1-3-5-22/h6-7,15,18-19,22H,1-5,8-14,16-17H2. The fourth-order valence-corrected chi connectivity index (χ4v) is 5.74. The van der Waals surface area contributed by atoms with E-state index < -0.39 is 0 Å². The molecular weight excluding hydrogens is 447 g/mol. The van der Waals surface area contributed by atoms with Crippen LogP contribution in [0, 0.1) is 17.7 Å². The Morgan fingerprint density at radius 1 is 1.07 bits per heavy atom. The first-order chi connectivity index (χ1) is 14.6. The number of ether oxygens (including phenoxy) is 1. The zero-order valence-electron chi connectivity index (χ0n) is 17.8. The van der Waals surface area contributed by atoms with Crippen LogP contribution >= 0.6 is 15.9 Å². The van der Waals surface area contributed by atoms with E-state index in [2.05, 4.69) is 20.8 Å². The van der Waals surface area contributed by atoms with Crippen molar-refractivity contribution in [3.63, 3.8) is 0 Å². The van der Waals surface area contributed by atoms with E-state index in [1.165, 1.54) is 25.3 Å². The SMILES string of the molecule is O=C1OCC(CCN2CCC(Cc3cc(F)ccc3Br)CC2)CN1C1CCCCC1. The maximum absolute atomic E-state index is 13.5. The van der Waals surface area contributed by atoms with Crippen LogP contribution in [0.4, 0.5) is 9.18 Å². The second-order valence-corrected chi connectivity index (χ2v) is 10.3. The number of nitrogens with zero attached hydrogens (tertiary/aromatic N) is 2. The summed E-state index contributed by atoms with van der Waals surface area (Å²) in [5.74, 6) is 0.920. The first-order valence-corrected chi connectivity index (χ1v) is 12.5. The number of likely N-dealkylation sites (tertiary alicyclic amines) is 1. The van der Waals surface area contributed by atoms with Gasteiger partial charge in [0, 0.05) is 23.0 Å². The minimum atomic E-state index is -0.152. The Bertz CT molecular complexity index is 717. The summed E-state index contributed by atoms with van der Waals surface area (Å²) in [5.41, 5.74) is 1.08. The molecule has 6 heteroatoms. The number of carbonyl (C=O) groups is 1. The number of amides is 1. The lowest BCUT2D eigenvalue weighted by Gasteiger charge is -2.40. The van der Waals surface area contributed by atoms with Crippen molar-refractivity contribution in [2.24, 2.45) is 11.8 Å². The van der Waals surface area contributed by atoms with E-state index >= 15 is 0 Å². The Morgan fingerprint density at radius 2 is 1.83 bits per heavy atom. The predicted molar refractivity (Wildman–Crippen MR) is 120 cm³/mol. The Balaban J connectivity index is 1.20. The first kappa shape index (κ1) is 22.1. The molecule has 3 fully saturated rings. The van der Waals surface area contributed by atoms with Gasteiger partial charge in [-0.25, -0.2) is 9.18 Å². The molecule has 1 saturated carbocycles. The van der Waals surface area contributed by atoms with Gasteiger partial charge in [0.25, 0.3) is 0 Å². The van der Waals surface area contributed by atoms with Crippen molar-refractivity contribution in [1.29, 1.82) is 0 Å². The van der Waals surface area contributed by atoms with Gasteiger partial charge in [0.1, 0.15) is 5.82 Å². The zero-order chi connectivity index (χ0) is 20.9. The van der Waals surface area contributed by atoms with Crippen LogP contribution in [0.3, 0.4) is 0 Å². The van der Waals surface area contributed by atoms with E-state index in [9.17, 15) is 9.18 Å². The van der Waals surface area contributed by atoms with Crippen molar-refractivity contribution < 1.29 is 13.9 Å². The molecule has 0 N–H and O–H groups in total. The molecule has 1 aromatic rings. The number of carbonyl (C=O) groups excluding carboxylic acids is 1. The number of rotatable bonds is 6. The molecule has 4 nitrogen and oxygen atoms in total. The third kappa shape index (κ3) is 5.76. The van der Waals surface area contributed by atoms with Crippen LogP contribution in [0.5, 0.6) is 0 Å². The summed E-state index contributed by atoms with van der Waals surface area (Å²) in [7, 11) is 0. The summed E-state index contributed by atoms with van der Waals surface area (Å²) in [5, 5.41) is 0. The minimum Gasteiger partial charge on any atom is -0.449 e. The zero-order valence-corrected chi connectivity index (χ0v) is 19.4. The number of halogens is 2. The van der Waals surface area contributed by atoms with Gasteiger partial charge in [-0.2, -0.15) is 0 Å². The fraction of sp³-hybridized carbons (Fsp3) is 0.708. The summed E-state index contributed by atoms with van der Waals surface area (Å²) in [6.45, 7) is 4.74.